The predicted octanol–water partition coefficient (Wildman–Crippen LogP) is 6.13. The Labute approximate surface area is 142 Å². The summed E-state index contributed by atoms with van der Waals surface area (Å²) in [6, 6.07) is 1.62. The second-order valence-electron chi connectivity index (χ2n) is 9.18. The van der Waals surface area contributed by atoms with E-state index in [2.05, 4.69) is 55.2 Å². The monoisotopic (exact) mass is 322 g/mol. The molecule has 0 spiro atoms. The minimum atomic E-state index is -1.15. The molecule has 0 aromatic carbocycles. The van der Waals surface area contributed by atoms with Gasteiger partial charge in [0.05, 0.1) is 8.07 Å². The highest BCUT2D eigenvalue weighted by Crippen LogP contribution is 2.63. The fourth-order valence-electron chi connectivity index (χ4n) is 7.16. The van der Waals surface area contributed by atoms with Crippen molar-refractivity contribution in [3.05, 3.63) is 48.6 Å². The molecule has 0 N–H and O–H groups in total. The molecule has 0 nitrogen and oxygen atoms in total. The van der Waals surface area contributed by atoms with E-state index in [4.69, 9.17) is 0 Å². The van der Waals surface area contributed by atoms with E-state index >= 15 is 0 Å². The van der Waals surface area contributed by atoms with Crippen LogP contribution in [0.5, 0.6) is 0 Å². The van der Waals surface area contributed by atoms with Crippen molar-refractivity contribution < 1.29 is 0 Å². The lowest BCUT2D eigenvalue weighted by molar-refractivity contribution is 0.369. The normalized spacial score (nSPS) is 53.2. The average Bonchev–Trinajstić information content (AvgIpc) is 3.17. The highest BCUT2D eigenvalue weighted by molar-refractivity contribution is 6.81. The van der Waals surface area contributed by atoms with Gasteiger partial charge in [-0.3, -0.25) is 0 Å². The predicted molar refractivity (Wildman–Crippen MR) is 101 cm³/mol. The highest BCUT2D eigenvalue weighted by Gasteiger charge is 2.56. The van der Waals surface area contributed by atoms with E-state index in [1.165, 1.54) is 32.1 Å². The van der Waals surface area contributed by atoms with Gasteiger partial charge < -0.3 is 0 Å². The van der Waals surface area contributed by atoms with E-state index in [0.29, 0.717) is 0 Å². The van der Waals surface area contributed by atoms with Gasteiger partial charge in [0.1, 0.15) is 0 Å². The summed E-state index contributed by atoms with van der Waals surface area (Å²) in [5.41, 5.74) is 2.20. The Balaban J connectivity index is 1.43. The second kappa shape index (κ2) is 5.34. The van der Waals surface area contributed by atoms with Crippen LogP contribution in [-0.4, -0.2) is 8.07 Å². The van der Waals surface area contributed by atoms with Gasteiger partial charge in [0.15, 0.2) is 0 Å². The van der Waals surface area contributed by atoms with Crippen molar-refractivity contribution in [2.45, 2.75) is 55.8 Å². The molecule has 23 heavy (non-hydrogen) atoms. The molecule has 5 aliphatic rings. The van der Waals surface area contributed by atoms with E-state index in [1.807, 2.05) is 0 Å². The summed E-state index contributed by atoms with van der Waals surface area (Å²) in [5.74, 6) is 4.54. The zero-order valence-corrected chi connectivity index (χ0v) is 15.4. The molecule has 0 aromatic heterocycles. The Morgan fingerprint density at radius 1 is 0.783 bits per heavy atom. The third kappa shape index (κ3) is 2.15. The number of hydrogen-bond donors (Lipinski definition) is 0. The van der Waals surface area contributed by atoms with Crippen LogP contribution in [0.4, 0.5) is 0 Å². The summed E-state index contributed by atoms with van der Waals surface area (Å²) < 4.78 is 0. The Kier molecular flexibility index (Phi) is 3.37. The quantitative estimate of drug-likeness (QED) is 0.509. The second-order valence-corrected chi connectivity index (χ2v) is 14.3. The maximum absolute atomic E-state index is 2.82. The van der Waals surface area contributed by atoms with Crippen molar-refractivity contribution in [3.8, 4) is 0 Å². The van der Waals surface area contributed by atoms with Crippen molar-refractivity contribution in [1.82, 2.24) is 0 Å². The summed E-state index contributed by atoms with van der Waals surface area (Å²) >= 11 is 0. The molecule has 0 amide bonds. The van der Waals surface area contributed by atoms with Crippen molar-refractivity contribution in [2.75, 3.05) is 0 Å². The van der Waals surface area contributed by atoms with Gasteiger partial charge in [0.25, 0.3) is 0 Å². The van der Waals surface area contributed by atoms with Gasteiger partial charge in [-0.15, -0.1) is 0 Å². The van der Waals surface area contributed by atoms with Gasteiger partial charge >= 0.3 is 0 Å². The van der Waals surface area contributed by atoms with Gasteiger partial charge in [-0.25, -0.2) is 0 Å². The van der Waals surface area contributed by atoms with Gasteiger partial charge in [0.2, 0.25) is 0 Å². The molecule has 4 aliphatic carbocycles. The van der Waals surface area contributed by atoms with Crippen LogP contribution in [0.2, 0.25) is 23.7 Å². The fourth-order valence-corrected chi connectivity index (χ4v) is 13.3. The molecular weight excluding hydrogens is 292 g/mol. The molecule has 7 atom stereocenters. The largest absolute Gasteiger partial charge is 0.0808 e. The van der Waals surface area contributed by atoms with E-state index in [-0.39, 0.29) is 0 Å². The molecule has 3 fully saturated rings. The standard InChI is InChI=1S/C22H30Si/c1-23(19-13-16-7-2-3-8-17(16)14-19)12-6-11-21-20-10-5-4-9-18(20)15-22(21)23/h2-5,7-10,16-22H,6,11-15H2,1H3/t16?,17?,18?,19?,20?,21-,22?,23?/m1/s1. The molecule has 1 heterocycles. The molecule has 2 saturated carbocycles. The van der Waals surface area contributed by atoms with Crippen LogP contribution in [0.1, 0.15) is 32.1 Å². The van der Waals surface area contributed by atoms with Crippen LogP contribution in [0.15, 0.2) is 48.6 Å². The zero-order chi connectivity index (χ0) is 15.4. The van der Waals surface area contributed by atoms with Gasteiger partial charge in [-0.05, 0) is 59.9 Å². The van der Waals surface area contributed by atoms with Gasteiger partial charge in [-0.2, -0.15) is 0 Å². The third-order valence-electron chi connectivity index (χ3n) is 8.36. The first-order valence-corrected chi connectivity index (χ1v) is 12.8. The molecule has 0 aromatic rings. The van der Waals surface area contributed by atoms with E-state index in [1.54, 1.807) is 6.04 Å². The van der Waals surface area contributed by atoms with E-state index in [9.17, 15) is 0 Å². The van der Waals surface area contributed by atoms with Gasteiger partial charge in [0, 0.05) is 0 Å². The minimum absolute atomic E-state index is 0.873. The molecule has 1 aliphatic heterocycles. The van der Waals surface area contributed by atoms with Crippen molar-refractivity contribution in [3.63, 3.8) is 0 Å². The summed E-state index contributed by atoms with van der Waals surface area (Å²) in [6.45, 7) is 2.82. The van der Waals surface area contributed by atoms with Crippen molar-refractivity contribution in [2.24, 2.45) is 29.6 Å². The van der Waals surface area contributed by atoms with Crippen LogP contribution in [0.25, 0.3) is 0 Å². The first-order valence-electron chi connectivity index (χ1n) is 9.96. The number of rotatable bonds is 1. The minimum Gasteiger partial charge on any atom is -0.0808 e. The lowest BCUT2D eigenvalue weighted by atomic mass is 9.84. The maximum Gasteiger partial charge on any atom is 0.0570 e. The topological polar surface area (TPSA) is 0 Å². The van der Waals surface area contributed by atoms with Gasteiger partial charge in [-0.1, -0.05) is 74.0 Å². The lowest BCUT2D eigenvalue weighted by Gasteiger charge is -2.47. The molecule has 5 rings (SSSR count). The molecule has 6 unspecified atom stereocenters. The summed E-state index contributed by atoms with van der Waals surface area (Å²) in [6.07, 6.45) is 27.0. The number of allylic oxidation sites excluding steroid dienone is 8. The molecule has 1 heteroatoms. The first-order chi connectivity index (χ1) is 11.3. The van der Waals surface area contributed by atoms with Crippen LogP contribution >= 0.6 is 0 Å². The van der Waals surface area contributed by atoms with Crippen LogP contribution in [0.3, 0.4) is 0 Å². The van der Waals surface area contributed by atoms with Crippen molar-refractivity contribution in [1.29, 1.82) is 0 Å². The molecular formula is C22H30Si. The Bertz CT molecular complexity index is 577. The first kappa shape index (κ1) is 14.5. The fraction of sp³-hybridized carbons (Fsp3) is 0.636. The smallest absolute Gasteiger partial charge is 0.0570 e. The van der Waals surface area contributed by atoms with Crippen LogP contribution in [-0.2, 0) is 0 Å². The number of hydrogen-bond acceptors (Lipinski definition) is 0. The highest BCUT2D eigenvalue weighted by atomic mass is 28.3. The van der Waals surface area contributed by atoms with Crippen molar-refractivity contribution >= 4 is 8.07 Å². The maximum atomic E-state index is 2.82. The molecule has 0 radical (unpaired) electrons. The van der Waals surface area contributed by atoms with Crippen LogP contribution in [0, 0.1) is 29.6 Å². The Morgan fingerprint density at radius 2 is 1.43 bits per heavy atom. The Hall–Kier alpha value is -0.823. The average molecular weight is 323 g/mol. The molecule has 122 valence electrons. The summed E-state index contributed by atoms with van der Waals surface area (Å²) in [7, 11) is -1.15. The summed E-state index contributed by atoms with van der Waals surface area (Å²) in [5, 5.41) is 0. The molecule has 0 bridgehead atoms. The zero-order valence-electron chi connectivity index (χ0n) is 14.4. The Morgan fingerprint density at radius 3 is 2.17 bits per heavy atom. The van der Waals surface area contributed by atoms with E-state index < -0.39 is 8.07 Å². The number of fused-ring (bicyclic) bond motifs is 4. The SMILES string of the molecule is C[Si]1(C2CC3C=CC=CC3C2)CCC[C@@H]2C3C=CC=CC3CC21. The van der Waals surface area contributed by atoms with E-state index in [0.717, 1.165) is 40.7 Å². The third-order valence-corrected chi connectivity index (χ3v) is 14.5. The molecule has 1 saturated heterocycles. The summed E-state index contributed by atoms with van der Waals surface area (Å²) in [4.78, 5) is 0. The lowest BCUT2D eigenvalue weighted by Crippen LogP contribution is -2.45. The van der Waals surface area contributed by atoms with Crippen LogP contribution < -0.4 is 0 Å².